The van der Waals surface area contributed by atoms with Crippen LogP contribution in [0.25, 0.3) is 11.5 Å². The Morgan fingerprint density at radius 3 is 2.56 bits per heavy atom. The van der Waals surface area contributed by atoms with E-state index in [1.54, 1.807) is 25.1 Å². The molecule has 0 saturated carbocycles. The van der Waals surface area contributed by atoms with E-state index < -0.39 is 17.9 Å². The highest BCUT2D eigenvalue weighted by atomic mass is 16.7. The molecule has 0 unspecified atom stereocenters. The first-order chi connectivity index (χ1) is 17.4. The number of benzene rings is 2. The maximum Gasteiger partial charge on any atom is 0.328 e. The number of carbonyl (C=O) groups is 3. The molecular formula is C26H29N3O7. The van der Waals surface area contributed by atoms with Crippen LogP contribution in [-0.2, 0) is 25.8 Å². The summed E-state index contributed by atoms with van der Waals surface area (Å²) >= 11 is 0. The van der Waals surface area contributed by atoms with Crippen LogP contribution in [0, 0.1) is 6.92 Å². The normalized spacial score (nSPS) is 11.5. The number of ether oxygens (including phenoxy) is 1. The Balaban J connectivity index is 1.54. The summed E-state index contributed by atoms with van der Waals surface area (Å²) in [6.07, 6.45) is 1.95. The number of hydrogen-bond acceptors (Lipinski definition) is 8. The van der Waals surface area contributed by atoms with E-state index in [-0.39, 0.29) is 36.1 Å². The number of phenolic OH excluding ortho intramolecular Hbond substituents is 1. The van der Waals surface area contributed by atoms with Gasteiger partial charge in [0.25, 0.3) is 5.91 Å². The summed E-state index contributed by atoms with van der Waals surface area (Å²) in [7, 11) is 1.24. The second-order valence-corrected chi connectivity index (χ2v) is 7.99. The smallest absolute Gasteiger partial charge is 0.328 e. The first-order valence-corrected chi connectivity index (χ1v) is 11.5. The minimum atomic E-state index is -0.915. The van der Waals surface area contributed by atoms with E-state index in [0.29, 0.717) is 31.4 Å². The Labute approximate surface area is 208 Å². The summed E-state index contributed by atoms with van der Waals surface area (Å²) in [6, 6.07) is 15.0. The predicted molar refractivity (Wildman–Crippen MR) is 129 cm³/mol. The van der Waals surface area contributed by atoms with Crippen molar-refractivity contribution in [3.63, 3.8) is 0 Å². The molecular weight excluding hydrogens is 466 g/mol. The molecule has 10 heteroatoms. The van der Waals surface area contributed by atoms with Gasteiger partial charge in [0, 0.05) is 6.54 Å². The molecule has 0 bridgehead atoms. The van der Waals surface area contributed by atoms with Crippen molar-refractivity contribution in [2.45, 2.75) is 38.8 Å². The number of rotatable bonds is 13. The van der Waals surface area contributed by atoms with E-state index >= 15 is 0 Å². The van der Waals surface area contributed by atoms with Crippen LogP contribution in [0.3, 0.4) is 0 Å². The molecule has 36 heavy (non-hydrogen) atoms. The van der Waals surface area contributed by atoms with E-state index in [1.165, 1.54) is 18.2 Å². The lowest BCUT2D eigenvalue weighted by Gasteiger charge is -2.18. The molecule has 0 aliphatic rings. The molecule has 0 spiro atoms. The average Bonchev–Trinajstić information content (AvgIpc) is 3.29. The van der Waals surface area contributed by atoms with Gasteiger partial charge in [-0.2, -0.15) is 0 Å². The largest absolute Gasteiger partial charge is 0.507 e. The van der Waals surface area contributed by atoms with Crippen LogP contribution in [0.2, 0.25) is 0 Å². The molecule has 2 amide bonds. The molecule has 1 heterocycles. The van der Waals surface area contributed by atoms with E-state index in [9.17, 15) is 19.5 Å². The SMILES string of the molecule is COC(=O)[C@@H](CCCCN(C=O)OCc1ccccc1)NC(=O)c1nc(-c2ccccc2O)oc1C. The standard InChI is InChI=1S/C26H29N3O7/c1-18-23(28-25(36-18)20-12-6-7-14-22(20)31)24(32)27-21(26(33)34-2)13-8-9-15-29(17-30)35-16-19-10-4-3-5-11-19/h3-7,10-12,14,17,21,31H,8-9,13,15-16H2,1-2H3,(H,27,32)/t21-/m1/s1. The number of carbonyl (C=O) groups excluding carboxylic acids is 3. The van der Waals surface area contributed by atoms with Crippen LogP contribution < -0.4 is 5.32 Å². The highest BCUT2D eigenvalue weighted by Crippen LogP contribution is 2.29. The first kappa shape index (κ1) is 26.4. The number of methoxy groups -OCH3 is 1. The van der Waals surface area contributed by atoms with Crippen molar-refractivity contribution >= 4 is 18.3 Å². The maximum absolute atomic E-state index is 12.9. The van der Waals surface area contributed by atoms with Gasteiger partial charge >= 0.3 is 5.97 Å². The van der Waals surface area contributed by atoms with Crippen molar-refractivity contribution in [3.05, 3.63) is 71.6 Å². The average molecular weight is 496 g/mol. The molecule has 0 fully saturated rings. The zero-order chi connectivity index (χ0) is 25.9. The number of oxazole rings is 1. The van der Waals surface area contributed by atoms with Crippen molar-refractivity contribution < 1.29 is 33.5 Å². The van der Waals surface area contributed by atoms with Gasteiger partial charge in [-0.25, -0.2) is 14.8 Å². The molecule has 2 aromatic carbocycles. The maximum atomic E-state index is 12.9. The first-order valence-electron chi connectivity index (χ1n) is 11.5. The number of esters is 1. The second-order valence-electron chi connectivity index (χ2n) is 7.99. The van der Waals surface area contributed by atoms with Gasteiger partial charge < -0.3 is 19.6 Å². The highest BCUT2D eigenvalue weighted by molar-refractivity contribution is 5.96. The Kier molecular flexibility index (Phi) is 9.58. The molecule has 0 aliphatic carbocycles. The van der Waals surface area contributed by atoms with Crippen LogP contribution >= 0.6 is 0 Å². The molecule has 1 aromatic heterocycles. The number of hydroxylamine groups is 2. The lowest BCUT2D eigenvalue weighted by Crippen LogP contribution is -2.42. The van der Waals surface area contributed by atoms with Gasteiger partial charge in [-0.05, 0) is 43.9 Å². The number of hydrogen-bond donors (Lipinski definition) is 2. The molecule has 0 saturated heterocycles. The van der Waals surface area contributed by atoms with Crippen molar-refractivity contribution in [3.8, 4) is 17.2 Å². The van der Waals surface area contributed by atoms with Gasteiger partial charge in [-0.3, -0.25) is 14.4 Å². The number of phenols is 1. The Morgan fingerprint density at radius 1 is 1.14 bits per heavy atom. The summed E-state index contributed by atoms with van der Waals surface area (Å²) in [5.74, 6) is -0.899. The number of amides is 2. The highest BCUT2D eigenvalue weighted by Gasteiger charge is 2.26. The Hall–Kier alpha value is -4.18. The molecule has 3 aromatic rings. The van der Waals surface area contributed by atoms with Crippen LogP contribution in [-0.4, -0.2) is 53.1 Å². The van der Waals surface area contributed by atoms with Crippen molar-refractivity contribution in [1.29, 1.82) is 0 Å². The molecule has 10 nitrogen and oxygen atoms in total. The van der Waals surface area contributed by atoms with E-state index in [1.807, 2.05) is 30.3 Å². The topological polar surface area (TPSA) is 131 Å². The molecule has 190 valence electrons. The summed E-state index contributed by atoms with van der Waals surface area (Å²) in [4.78, 5) is 46.1. The number of nitrogens with zero attached hydrogens (tertiary/aromatic N) is 2. The van der Waals surface area contributed by atoms with Gasteiger partial charge in [0.2, 0.25) is 12.3 Å². The van der Waals surface area contributed by atoms with Crippen LogP contribution in [0.5, 0.6) is 5.75 Å². The van der Waals surface area contributed by atoms with E-state index in [4.69, 9.17) is 14.0 Å². The van der Waals surface area contributed by atoms with Gasteiger partial charge in [-0.1, -0.05) is 42.5 Å². The summed E-state index contributed by atoms with van der Waals surface area (Å²) < 4.78 is 10.4. The van der Waals surface area contributed by atoms with Crippen LogP contribution in [0.15, 0.2) is 59.0 Å². The van der Waals surface area contributed by atoms with Crippen LogP contribution in [0.1, 0.15) is 41.1 Å². The summed E-state index contributed by atoms with van der Waals surface area (Å²) in [5, 5.41) is 13.9. The number of aromatic hydroxyl groups is 1. The number of para-hydroxylation sites is 1. The minimum absolute atomic E-state index is 0.00333. The number of nitrogens with one attached hydrogen (secondary N) is 1. The van der Waals surface area contributed by atoms with Gasteiger partial charge in [0.15, 0.2) is 5.69 Å². The Morgan fingerprint density at radius 2 is 1.86 bits per heavy atom. The van der Waals surface area contributed by atoms with Crippen LogP contribution in [0.4, 0.5) is 0 Å². The third-order valence-electron chi connectivity index (χ3n) is 5.42. The number of aryl methyl sites for hydroxylation is 1. The molecule has 1 atom stereocenters. The van der Waals surface area contributed by atoms with Gasteiger partial charge in [0.1, 0.15) is 24.2 Å². The van der Waals surface area contributed by atoms with Crippen molar-refractivity contribution in [1.82, 2.24) is 15.4 Å². The Bertz CT molecular complexity index is 1160. The second kappa shape index (κ2) is 13.1. The summed E-state index contributed by atoms with van der Waals surface area (Å²) in [5.41, 5.74) is 1.29. The quantitative estimate of drug-likeness (QED) is 0.160. The van der Waals surface area contributed by atoms with Gasteiger partial charge in [0.05, 0.1) is 12.7 Å². The van der Waals surface area contributed by atoms with E-state index in [0.717, 1.165) is 5.56 Å². The zero-order valence-corrected chi connectivity index (χ0v) is 20.2. The zero-order valence-electron chi connectivity index (χ0n) is 20.2. The lowest BCUT2D eigenvalue weighted by atomic mass is 10.1. The van der Waals surface area contributed by atoms with Gasteiger partial charge in [-0.15, -0.1) is 0 Å². The van der Waals surface area contributed by atoms with Crippen molar-refractivity contribution in [2.24, 2.45) is 0 Å². The molecule has 2 N–H and O–H groups in total. The predicted octanol–water partition coefficient (Wildman–Crippen LogP) is 3.39. The number of aromatic nitrogens is 1. The lowest BCUT2D eigenvalue weighted by molar-refractivity contribution is -0.177. The van der Waals surface area contributed by atoms with Crippen molar-refractivity contribution in [2.75, 3.05) is 13.7 Å². The fourth-order valence-corrected chi connectivity index (χ4v) is 3.49. The third-order valence-corrected chi connectivity index (χ3v) is 5.42. The summed E-state index contributed by atoms with van der Waals surface area (Å²) in [6.45, 7) is 2.16. The number of unbranched alkanes of at least 4 members (excludes halogenated alkanes) is 1. The molecule has 3 rings (SSSR count). The fraction of sp³-hybridized carbons (Fsp3) is 0.308. The third kappa shape index (κ3) is 7.16. The molecule has 0 aliphatic heterocycles. The minimum Gasteiger partial charge on any atom is -0.507 e. The fourth-order valence-electron chi connectivity index (χ4n) is 3.49. The monoisotopic (exact) mass is 495 g/mol. The van der Waals surface area contributed by atoms with E-state index in [2.05, 4.69) is 10.3 Å². The molecule has 0 radical (unpaired) electrons.